The molecule has 0 aliphatic heterocycles. The molecule has 0 bridgehead atoms. The fraction of sp³-hybridized carbons (Fsp3) is 0.571. The summed E-state index contributed by atoms with van der Waals surface area (Å²) in [5, 5.41) is 8.95. The Bertz CT molecular complexity index is 488. The van der Waals surface area contributed by atoms with Crippen molar-refractivity contribution in [1.29, 1.82) is 0 Å². The summed E-state index contributed by atoms with van der Waals surface area (Å²) in [4.78, 5) is 26.2. The van der Waals surface area contributed by atoms with Crippen LogP contribution in [0.5, 0.6) is 0 Å². The maximum absolute atomic E-state index is 12.4. The van der Waals surface area contributed by atoms with Gasteiger partial charge < -0.3 is 19.3 Å². The second kappa shape index (κ2) is 5.98. The van der Waals surface area contributed by atoms with Crippen molar-refractivity contribution in [1.82, 2.24) is 9.80 Å². The molecule has 0 radical (unpaired) electrons. The Hall–Kier alpha value is -1.98. The summed E-state index contributed by atoms with van der Waals surface area (Å²) >= 11 is 0. The van der Waals surface area contributed by atoms with E-state index in [9.17, 15) is 9.59 Å². The number of furan rings is 1. The van der Waals surface area contributed by atoms with Gasteiger partial charge in [-0.15, -0.1) is 0 Å². The summed E-state index contributed by atoms with van der Waals surface area (Å²) in [6.07, 6.45) is 1.57. The van der Waals surface area contributed by atoms with Crippen LogP contribution in [-0.4, -0.2) is 46.0 Å². The molecule has 0 spiro atoms. The van der Waals surface area contributed by atoms with Gasteiger partial charge in [-0.1, -0.05) is 0 Å². The van der Waals surface area contributed by atoms with Crippen molar-refractivity contribution < 1.29 is 19.1 Å². The minimum Gasteiger partial charge on any atom is -0.480 e. The molecule has 1 heterocycles. The largest absolute Gasteiger partial charge is 0.480 e. The van der Waals surface area contributed by atoms with Gasteiger partial charge in [-0.25, -0.2) is 4.79 Å². The Morgan fingerprint density at radius 1 is 1.35 bits per heavy atom. The highest BCUT2D eigenvalue weighted by molar-refractivity contribution is 5.80. The lowest BCUT2D eigenvalue weighted by atomic mass is 10.1. The highest BCUT2D eigenvalue weighted by atomic mass is 16.4. The van der Waals surface area contributed by atoms with Gasteiger partial charge in [0.05, 0.1) is 12.8 Å². The lowest BCUT2D eigenvalue weighted by Crippen LogP contribution is -2.52. The third kappa shape index (κ3) is 4.01. The lowest BCUT2D eigenvalue weighted by molar-refractivity contribution is -0.138. The molecule has 1 aromatic rings. The van der Waals surface area contributed by atoms with Crippen LogP contribution in [-0.2, 0) is 11.3 Å². The van der Waals surface area contributed by atoms with E-state index in [2.05, 4.69) is 0 Å². The van der Waals surface area contributed by atoms with E-state index in [1.54, 1.807) is 19.4 Å². The number of nitrogens with zero attached hydrogens (tertiary/aromatic N) is 2. The van der Waals surface area contributed by atoms with Gasteiger partial charge in [0.2, 0.25) is 0 Å². The normalized spacial score (nSPS) is 11.2. The predicted octanol–water partition coefficient (Wildman–Crippen LogP) is 2.32. The van der Waals surface area contributed by atoms with Gasteiger partial charge in [-0.2, -0.15) is 0 Å². The van der Waals surface area contributed by atoms with Crippen LogP contribution in [0.1, 0.15) is 32.1 Å². The Labute approximate surface area is 119 Å². The molecule has 0 saturated carbocycles. The van der Waals surface area contributed by atoms with Crippen LogP contribution in [0.15, 0.2) is 16.7 Å². The standard InChI is InChI=1S/C14H22N2O4/c1-10-11(6-7-20-10)8-15(5)13(19)16(9-12(17)18)14(2,3)4/h6-7H,8-9H2,1-5H3,(H,17,18). The minimum atomic E-state index is -1.03. The van der Waals surface area contributed by atoms with Crippen molar-refractivity contribution in [2.45, 2.75) is 39.8 Å². The molecular formula is C14H22N2O4. The number of hydrogen-bond donors (Lipinski definition) is 1. The van der Waals surface area contributed by atoms with Crippen LogP contribution in [0, 0.1) is 6.92 Å². The zero-order chi connectivity index (χ0) is 15.5. The maximum atomic E-state index is 12.4. The van der Waals surface area contributed by atoms with E-state index in [4.69, 9.17) is 9.52 Å². The molecule has 20 heavy (non-hydrogen) atoms. The van der Waals surface area contributed by atoms with E-state index >= 15 is 0 Å². The van der Waals surface area contributed by atoms with Crippen molar-refractivity contribution in [2.24, 2.45) is 0 Å². The predicted molar refractivity (Wildman–Crippen MR) is 74.4 cm³/mol. The molecular weight excluding hydrogens is 260 g/mol. The fourth-order valence-corrected chi connectivity index (χ4v) is 1.83. The highest BCUT2D eigenvalue weighted by Gasteiger charge is 2.30. The van der Waals surface area contributed by atoms with Gasteiger partial charge in [0, 0.05) is 18.2 Å². The summed E-state index contributed by atoms with van der Waals surface area (Å²) in [5.41, 5.74) is 0.347. The Kier molecular flexibility index (Phi) is 4.81. The van der Waals surface area contributed by atoms with Gasteiger partial charge in [0.1, 0.15) is 12.3 Å². The topological polar surface area (TPSA) is 74.0 Å². The fourth-order valence-electron chi connectivity index (χ4n) is 1.83. The molecule has 0 saturated heterocycles. The third-order valence-corrected chi connectivity index (χ3v) is 3.03. The van der Waals surface area contributed by atoms with E-state index in [0.717, 1.165) is 11.3 Å². The average Bonchev–Trinajstić information content (AvgIpc) is 2.69. The number of carboxylic acid groups (broad SMARTS) is 1. The molecule has 112 valence electrons. The van der Waals surface area contributed by atoms with E-state index < -0.39 is 11.5 Å². The van der Waals surface area contributed by atoms with E-state index in [0.29, 0.717) is 6.54 Å². The minimum absolute atomic E-state index is 0.319. The van der Waals surface area contributed by atoms with Crippen LogP contribution in [0.25, 0.3) is 0 Å². The number of urea groups is 1. The summed E-state index contributed by atoms with van der Waals surface area (Å²) in [7, 11) is 1.65. The van der Waals surface area contributed by atoms with Gasteiger partial charge in [0.25, 0.3) is 0 Å². The number of amides is 2. The van der Waals surface area contributed by atoms with Crippen LogP contribution in [0.2, 0.25) is 0 Å². The second-order valence-electron chi connectivity index (χ2n) is 5.79. The van der Waals surface area contributed by atoms with Crippen LogP contribution < -0.4 is 0 Å². The zero-order valence-corrected chi connectivity index (χ0v) is 12.6. The SMILES string of the molecule is Cc1occc1CN(C)C(=O)N(CC(=O)O)C(C)(C)C. The number of aryl methyl sites for hydroxylation is 1. The van der Waals surface area contributed by atoms with Gasteiger partial charge in [-0.05, 0) is 33.8 Å². The van der Waals surface area contributed by atoms with Gasteiger partial charge in [0.15, 0.2) is 0 Å². The third-order valence-electron chi connectivity index (χ3n) is 3.03. The monoisotopic (exact) mass is 282 g/mol. The Morgan fingerprint density at radius 3 is 2.35 bits per heavy atom. The van der Waals surface area contributed by atoms with Gasteiger partial charge >= 0.3 is 12.0 Å². The van der Waals surface area contributed by atoms with E-state index in [1.807, 2.05) is 27.7 Å². The van der Waals surface area contributed by atoms with Crippen LogP contribution in [0.4, 0.5) is 4.79 Å². The molecule has 0 fully saturated rings. The van der Waals surface area contributed by atoms with E-state index in [-0.39, 0.29) is 12.6 Å². The number of carbonyl (C=O) groups excluding carboxylic acids is 1. The first kappa shape index (κ1) is 16.1. The molecule has 0 aliphatic carbocycles. The van der Waals surface area contributed by atoms with Crippen LogP contribution >= 0.6 is 0 Å². The second-order valence-corrected chi connectivity index (χ2v) is 5.79. The number of carboxylic acids is 1. The number of rotatable bonds is 4. The zero-order valence-electron chi connectivity index (χ0n) is 12.6. The molecule has 1 aromatic heterocycles. The molecule has 6 nitrogen and oxygen atoms in total. The van der Waals surface area contributed by atoms with Crippen molar-refractivity contribution in [2.75, 3.05) is 13.6 Å². The number of aliphatic carboxylic acids is 1. The lowest BCUT2D eigenvalue weighted by Gasteiger charge is -2.37. The smallest absolute Gasteiger partial charge is 0.323 e. The molecule has 1 N–H and O–H groups in total. The maximum Gasteiger partial charge on any atom is 0.323 e. The molecule has 0 aliphatic rings. The summed E-state index contributed by atoms with van der Waals surface area (Å²) in [5.74, 6) is -0.272. The van der Waals surface area contributed by atoms with Crippen molar-refractivity contribution in [3.8, 4) is 0 Å². The van der Waals surface area contributed by atoms with Crippen molar-refractivity contribution in [3.63, 3.8) is 0 Å². The first-order valence-corrected chi connectivity index (χ1v) is 6.40. The van der Waals surface area contributed by atoms with Gasteiger partial charge in [-0.3, -0.25) is 4.79 Å². The van der Waals surface area contributed by atoms with Crippen molar-refractivity contribution >= 4 is 12.0 Å². The van der Waals surface area contributed by atoms with Crippen molar-refractivity contribution in [3.05, 3.63) is 23.7 Å². The quantitative estimate of drug-likeness (QED) is 0.919. The first-order chi connectivity index (χ1) is 9.12. The Morgan fingerprint density at radius 2 is 1.95 bits per heavy atom. The summed E-state index contributed by atoms with van der Waals surface area (Å²) in [6, 6.07) is 1.48. The molecule has 1 rings (SSSR count). The highest BCUT2D eigenvalue weighted by Crippen LogP contribution is 2.17. The molecule has 0 unspecified atom stereocenters. The number of hydrogen-bond acceptors (Lipinski definition) is 3. The summed E-state index contributed by atoms with van der Waals surface area (Å²) < 4.78 is 5.19. The molecule has 0 aromatic carbocycles. The first-order valence-electron chi connectivity index (χ1n) is 6.40. The molecule has 0 atom stereocenters. The molecule has 2 amide bonds. The Balaban J connectivity index is 2.84. The molecule has 6 heteroatoms. The summed E-state index contributed by atoms with van der Waals surface area (Å²) in [6.45, 7) is 7.32. The average molecular weight is 282 g/mol. The number of carbonyl (C=O) groups is 2. The van der Waals surface area contributed by atoms with Crippen LogP contribution in [0.3, 0.4) is 0 Å². The van der Waals surface area contributed by atoms with E-state index in [1.165, 1.54) is 9.80 Å².